The molecule has 0 aromatic heterocycles. The van der Waals surface area contributed by atoms with E-state index in [1.165, 1.54) is 17.2 Å². The third-order valence-corrected chi connectivity index (χ3v) is 3.09. The Bertz CT molecular complexity index is 611. The third-order valence-electron chi connectivity index (χ3n) is 2.89. The molecule has 2 aromatic rings. The van der Waals surface area contributed by atoms with E-state index in [2.05, 4.69) is 17.6 Å². The number of hydrogen-bond donors (Lipinski definition) is 2. The molecule has 2 nitrogen and oxygen atoms in total. The molecule has 2 aromatic carbocycles. The van der Waals surface area contributed by atoms with Crippen LogP contribution in [0, 0.1) is 19.7 Å². The lowest BCUT2D eigenvalue weighted by atomic mass is 10.1. The lowest BCUT2D eigenvalue weighted by molar-refractivity contribution is 0.632. The topological polar surface area (TPSA) is 24.1 Å². The molecule has 0 unspecified atom stereocenters. The smallest absolute Gasteiger partial charge is 0.175 e. The van der Waals surface area contributed by atoms with Gasteiger partial charge in [0.25, 0.3) is 0 Å². The van der Waals surface area contributed by atoms with E-state index in [1.54, 1.807) is 18.2 Å². The number of halogens is 1. The number of rotatable bonds is 2. The van der Waals surface area contributed by atoms with Crippen molar-refractivity contribution in [2.24, 2.45) is 0 Å². The summed E-state index contributed by atoms with van der Waals surface area (Å²) >= 11 is 5.16. The Labute approximate surface area is 117 Å². The number of hydrogen-bond acceptors (Lipinski definition) is 1. The molecule has 2 rings (SSSR count). The first-order valence-corrected chi connectivity index (χ1v) is 6.37. The molecular formula is C15H15FN2S. The Morgan fingerprint density at radius 3 is 2.42 bits per heavy atom. The summed E-state index contributed by atoms with van der Waals surface area (Å²) in [5, 5.41) is 6.25. The minimum Gasteiger partial charge on any atom is -0.332 e. The van der Waals surface area contributed by atoms with Crippen molar-refractivity contribution in [2.75, 3.05) is 10.6 Å². The summed E-state index contributed by atoms with van der Waals surface area (Å²) in [6, 6.07) is 12.4. The summed E-state index contributed by atoms with van der Waals surface area (Å²) in [6.07, 6.45) is 0. The minimum atomic E-state index is -0.327. The van der Waals surface area contributed by atoms with E-state index in [-0.39, 0.29) is 5.82 Å². The monoisotopic (exact) mass is 274 g/mol. The predicted molar refractivity (Wildman–Crippen MR) is 82.2 cm³/mol. The SMILES string of the molecule is Cc1ccc(NC(=S)Nc2ccccc2F)cc1C. The molecule has 2 N–H and O–H groups in total. The van der Waals surface area contributed by atoms with E-state index in [1.807, 2.05) is 25.1 Å². The number of anilines is 2. The van der Waals surface area contributed by atoms with Gasteiger partial charge in [0.1, 0.15) is 5.82 Å². The van der Waals surface area contributed by atoms with Gasteiger partial charge in [-0.2, -0.15) is 0 Å². The summed E-state index contributed by atoms with van der Waals surface area (Å²) < 4.78 is 13.5. The first kappa shape index (κ1) is 13.5. The van der Waals surface area contributed by atoms with Crippen LogP contribution >= 0.6 is 12.2 Å². The molecule has 0 atom stereocenters. The van der Waals surface area contributed by atoms with E-state index in [0.717, 1.165) is 5.69 Å². The molecule has 0 heterocycles. The van der Waals surface area contributed by atoms with Crippen molar-refractivity contribution in [2.45, 2.75) is 13.8 Å². The van der Waals surface area contributed by atoms with Crippen LogP contribution in [-0.4, -0.2) is 5.11 Å². The predicted octanol–water partition coefficient (Wildman–Crippen LogP) is 4.25. The molecule has 98 valence electrons. The van der Waals surface area contributed by atoms with Crippen molar-refractivity contribution >= 4 is 28.7 Å². The van der Waals surface area contributed by atoms with Crippen LogP contribution in [0.15, 0.2) is 42.5 Å². The number of para-hydroxylation sites is 1. The van der Waals surface area contributed by atoms with Crippen LogP contribution < -0.4 is 10.6 Å². The van der Waals surface area contributed by atoms with Gasteiger partial charge in [-0.3, -0.25) is 0 Å². The lowest BCUT2D eigenvalue weighted by Crippen LogP contribution is -2.19. The fourth-order valence-electron chi connectivity index (χ4n) is 1.67. The molecule has 0 saturated carbocycles. The van der Waals surface area contributed by atoms with Gasteiger partial charge in [0.2, 0.25) is 0 Å². The average Bonchev–Trinajstić information content (AvgIpc) is 2.37. The zero-order valence-corrected chi connectivity index (χ0v) is 11.6. The molecule has 0 fully saturated rings. The summed E-state index contributed by atoms with van der Waals surface area (Å²) in [4.78, 5) is 0. The van der Waals surface area contributed by atoms with Gasteiger partial charge in [0, 0.05) is 5.69 Å². The minimum absolute atomic E-state index is 0.327. The second-order valence-corrected chi connectivity index (χ2v) is 4.77. The molecule has 0 aliphatic rings. The van der Waals surface area contributed by atoms with Gasteiger partial charge in [-0.15, -0.1) is 0 Å². The molecule has 0 aliphatic carbocycles. The Balaban J connectivity index is 2.05. The zero-order chi connectivity index (χ0) is 13.8. The van der Waals surface area contributed by atoms with Crippen molar-refractivity contribution in [3.05, 3.63) is 59.4 Å². The lowest BCUT2D eigenvalue weighted by Gasteiger charge is -2.12. The normalized spacial score (nSPS) is 10.1. The maximum Gasteiger partial charge on any atom is 0.175 e. The van der Waals surface area contributed by atoms with Crippen molar-refractivity contribution in [3.63, 3.8) is 0 Å². The van der Waals surface area contributed by atoms with Crippen molar-refractivity contribution in [3.8, 4) is 0 Å². The quantitative estimate of drug-likeness (QED) is 0.800. The van der Waals surface area contributed by atoms with E-state index < -0.39 is 0 Å². The summed E-state index contributed by atoms with van der Waals surface area (Å²) in [6.45, 7) is 4.09. The van der Waals surface area contributed by atoms with Crippen LogP contribution in [0.4, 0.5) is 15.8 Å². The Morgan fingerprint density at radius 1 is 1.00 bits per heavy atom. The molecular weight excluding hydrogens is 259 g/mol. The largest absolute Gasteiger partial charge is 0.332 e. The molecule has 0 saturated heterocycles. The molecule has 4 heteroatoms. The standard InChI is InChI=1S/C15H15FN2S/c1-10-7-8-12(9-11(10)2)17-15(19)18-14-6-4-3-5-13(14)16/h3-9H,1-2H3,(H2,17,18,19). The van der Waals surface area contributed by atoms with E-state index in [0.29, 0.717) is 10.8 Å². The van der Waals surface area contributed by atoms with Crippen LogP contribution in [0.2, 0.25) is 0 Å². The highest BCUT2D eigenvalue weighted by Crippen LogP contribution is 2.16. The van der Waals surface area contributed by atoms with Crippen molar-refractivity contribution in [1.29, 1.82) is 0 Å². The molecule has 0 radical (unpaired) electrons. The van der Waals surface area contributed by atoms with E-state index >= 15 is 0 Å². The number of nitrogens with one attached hydrogen (secondary N) is 2. The fraction of sp³-hybridized carbons (Fsp3) is 0.133. The van der Waals surface area contributed by atoms with Gasteiger partial charge in [0.15, 0.2) is 5.11 Å². The van der Waals surface area contributed by atoms with Gasteiger partial charge in [0.05, 0.1) is 5.69 Å². The second-order valence-electron chi connectivity index (χ2n) is 4.36. The van der Waals surface area contributed by atoms with Crippen molar-refractivity contribution in [1.82, 2.24) is 0 Å². The van der Waals surface area contributed by atoms with Crippen LogP contribution in [0.1, 0.15) is 11.1 Å². The van der Waals surface area contributed by atoms with Gasteiger partial charge in [-0.05, 0) is 61.5 Å². The van der Waals surface area contributed by atoms with Crippen LogP contribution in [0.3, 0.4) is 0 Å². The highest BCUT2D eigenvalue weighted by atomic mass is 32.1. The first-order valence-electron chi connectivity index (χ1n) is 5.96. The van der Waals surface area contributed by atoms with Gasteiger partial charge in [-0.25, -0.2) is 4.39 Å². The molecule has 0 spiro atoms. The Morgan fingerprint density at radius 2 is 1.74 bits per heavy atom. The number of aryl methyl sites for hydroxylation is 2. The number of thiocarbonyl (C=S) groups is 1. The molecule has 0 aliphatic heterocycles. The first-order chi connectivity index (χ1) is 9.06. The summed E-state index contributed by atoms with van der Waals surface area (Å²) in [7, 11) is 0. The number of benzene rings is 2. The third kappa shape index (κ3) is 3.51. The Hall–Kier alpha value is -1.94. The molecule has 0 amide bonds. The fourth-order valence-corrected chi connectivity index (χ4v) is 1.89. The summed E-state index contributed by atoms with van der Waals surface area (Å²) in [5.74, 6) is -0.327. The average molecular weight is 274 g/mol. The molecule has 0 bridgehead atoms. The van der Waals surface area contributed by atoms with E-state index in [4.69, 9.17) is 12.2 Å². The van der Waals surface area contributed by atoms with E-state index in [9.17, 15) is 4.39 Å². The van der Waals surface area contributed by atoms with Crippen LogP contribution in [0.25, 0.3) is 0 Å². The molecule has 19 heavy (non-hydrogen) atoms. The maximum atomic E-state index is 13.5. The van der Waals surface area contributed by atoms with Gasteiger partial charge >= 0.3 is 0 Å². The van der Waals surface area contributed by atoms with Crippen molar-refractivity contribution < 1.29 is 4.39 Å². The zero-order valence-electron chi connectivity index (χ0n) is 10.8. The second kappa shape index (κ2) is 5.80. The highest BCUT2D eigenvalue weighted by Gasteiger charge is 2.03. The van der Waals surface area contributed by atoms with Crippen LogP contribution in [0.5, 0.6) is 0 Å². The van der Waals surface area contributed by atoms with Gasteiger partial charge in [-0.1, -0.05) is 18.2 Å². The maximum absolute atomic E-state index is 13.5. The summed E-state index contributed by atoms with van der Waals surface area (Å²) in [5.41, 5.74) is 3.65. The van der Waals surface area contributed by atoms with Gasteiger partial charge < -0.3 is 10.6 Å². The Kier molecular flexibility index (Phi) is 4.12. The highest BCUT2D eigenvalue weighted by molar-refractivity contribution is 7.80. The van der Waals surface area contributed by atoms with Crippen LogP contribution in [-0.2, 0) is 0 Å².